The van der Waals surface area contributed by atoms with Gasteiger partial charge in [0, 0.05) is 23.7 Å². The maximum absolute atomic E-state index is 12.6. The van der Waals surface area contributed by atoms with E-state index in [1.165, 1.54) is 7.11 Å². The van der Waals surface area contributed by atoms with Crippen LogP contribution in [0.5, 0.6) is 11.5 Å². The molecule has 0 heterocycles. The van der Waals surface area contributed by atoms with Crippen molar-refractivity contribution in [3.05, 3.63) is 23.8 Å². The van der Waals surface area contributed by atoms with Gasteiger partial charge in [0.15, 0.2) is 18.1 Å². The molecule has 0 spiro atoms. The average Bonchev–Trinajstić information content (AvgIpc) is 2.58. The van der Waals surface area contributed by atoms with Crippen molar-refractivity contribution in [3.8, 4) is 11.5 Å². The molecule has 2 amide bonds. The van der Waals surface area contributed by atoms with Crippen molar-refractivity contribution in [1.82, 2.24) is 10.6 Å². The number of halogens is 1. The smallest absolute Gasteiger partial charge is 0.258 e. The van der Waals surface area contributed by atoms with Crippen LogP contribution < -0.4 is 25.8 Å². The molecule has 0 aliphatic carbocycles. The van der Waals surface area contributed by atoms with Crippen LogP contribution in [0.15, 0.2) is 18.2 Å². The molecule has 7 nitrogen and oxygen atoms in total. The Labute approximate surface area is 174 Å². The maximum Gasteiger partial charge on any atom is 0.258 e. The van der Waals surface area contributed by atoms with Crippen LogP contribution in [0.1, 0.15) is 51.4 Å². The normalized spacial score (nSPS) is 12.8. The number of rotatable bonds is 10. The van der Waals surface area contributed by atoms with E-state index in [1.54, 1.807) is 18.2 Å². The first kappa shape index (κ1) is 26.0. The standard InChI is InChI=1S/C20H33N3O4.ClH/c1-13(2)10-20(5,12-21)23-19(25)15-7-8-16(17(9-15)26-6)27-11-18(24)22-14(3)4;/h7-9,13-14H,10-12,21H2,1-6H3,(H,22,24)(H,23,25);1H. The van der Waals surface area contributed by atoms with E-state index in [4.69, 9.17) is 15.2 Å². The van der Waals surface area contributed by atoms with Crippen LogP contribution in [0.2, 0.25) is 0 Å². The fourth-order valence-corrected chi connectivity index (χ4v) is 2.87. The van der Waals surface area contributed by atoms with Crippen LogP contribution in [-0.4, -0.2) is 43.7 Å². The van der Waals surface area contributed by atoms with E-state index < -0.39 is 5.54 Å². The van der Waals surface area contributed by atoms with E-state index in [0.717, 1.165) is 6.42 Å². The van der Waals surface area contributed by atoms with Crippen LogP contribution in [0, 0.1) is 5.92 Å². The van der Waals surface area contributed by atoms with Crippen molar-refractivity contribution in [1.29, 1.82) is 0 Å². The zero-order chi connectivity index (χ0) is 20.6. The fourth-order valence-electron chi connectivity index (χ4n) is 2.87. The molecule has 0 fully saturated rings. The van der Waals surface area contributed by atoms with E-state index in [-0.39, 0.29) is 36.9 Å². The molecule has 160 valence electrons. The number of benzene rings is 1. The summed E-state index contributed by atoms with van der Waals surface area (Å²) in [6.07, 6.45) is 0.776. The second-order valence-electron chi connectivity index (χ2n) is 7.69. The first-order valence-corrected chi connectivity index (χ1v) is 9.23. The minimum atomic E-state index is -0.484. The highest BCUT2D eigenvalue weighted by Crippen LogP contribution is 2.28. The summed E-state index contributed by atoms with van der Waals surface area (Å²) in [6.45, 7) is 10.1. The molecule has 0 aliphatic heterocycles. The summed E-state index contributed by atoms with van der Waals surface area (Å²) in [4.78, 5) is 24.4. The van der Waals surface area contributed by atoms with Gasteiger partial charge in [-0.2, -0.15) is 0 Å². The lowest BCUT2D eigenvalue weighted by atomic mass is 9.90. The molecule has 1 aromatic rings. The first-order valence-electron chi connectivity index (χ1n) is 9.23. The van der Waals surface area contributed by atoms with Crippen LogP contribution in [-0.2, 0) is 4.79 Å². The van der Waals surface area contributed by atoms with Crippen LogP contribution in [0.3, 0.4) is 0 Å². The van der Waals surface area contributed by atoms with Gasteiger partial charge < -0.3 is 25.8 Å². The molecule has 1 unspecified atom stereocenters. The summed E-state index contributed by atoms with van der Waals surface area (Å²) >= 11 is 0. The lowest BCUT2D eigenvalue weighted by Crippen LogP contribution is -2.52. The van der Waals surface area contributed by atoms with Crippen molar-refractivity contribution in [3.63, 3.8) is 0 Å². The number of methoxy groups -OCH3 is 1. The number of nitrogens with two attached hydrogens (primary N) is 1. The van der Waals surface area contributed by atoms with Gasteiger partial charge in [0.25, 0.3) is 11.8 Å². The molecule has 8 heteroatoms. The summed E-state index contributed by atoms with van der Waals surface area (Å²) in [5, 5.41) is 5.76. The van der Waals surface area contributed by atoms with Gasteiger partial charge in [0.05, 0.1) is 7.11 Å². The zero-order valence-corrected chi connectivity index (χ0v) is 18.4. The number of amides is 2. The Morgan fingerprint density at radius 1 is 1.18 bits per heavy atom. The van der Waals surface area contributed by atoms with Gasteiger partial charge >= 0.3 is 0 Å². The topological polar surface area (TPSA) is 103 Å². The molecule has 0 saturated carbocycles. The molecule has 1 atom stereocenters. The van der Waals surface area contributed by atoms with Gasteiger partial charge in [0.1, 0.15) is 0 Å². The zero-order valence-electron chi connectivity index (χ0n) is 17.6. The van der Waals surface area contributed by atoms with Crippen molar-refractivity contribution >= 4 is 24.2 Å². The number of hydrogen-bond acceptors (Lipinski definition) is 5. The summed E-state index contributed by atoms with van der Waals surface area (Å²) in [6, 6.07) is 4.90. The van der Waals surface area contributed by atoms with Crippen LogP contribution in [0.4, 0.5) is 0 Å². The van der Waals surface area contributed by atoms with E-state index in [2.05, 4.69) is 24.5 Å². The predicted octanol–water partition coefficient (Wildman–Crippen LogP) is 2.51. The second kappa shape index (κ2) is 11.8. The third-order valence-corrected chi connectivity index (χ3v) is 3.96. The summed E-state index contributed by atoms with van der Waals surface area (Å²) in [7, 11) is 1.49. The molecule has 0 aromatic heterocycles. The molecule has 1 aromatic carbocycles. The van der Waals surface area contributed by atoms with Gasteiger partial charge in [-0.25, -0.2) is 0 Å². The van der Waals surface area contributed by atoms with Crippen molar-refractivity contribution in [2.24, 2.45) is 11.7 Å². The SMILES string of the molecule is COc1cc(C(=O)NC(C)(CN)CC(C)C)ccc1OCC(=O)NC(C)C.Cl. The van der Waals surface area contributed by atoms with E-state index in [9.17, 15) is 9.59 Å². The third-order valence-electron chi connectivity index (χ3n) is 3.96. The number of carbonyl (C=O) groups excluding carboxylic acids is 2. The van der Waals surface area contributed by atoms with Crippen LogP contribution >= 0.6 is 12.4 Å². The quantitative estimate of drug-likeness (QED) is 0.544. The molecule has 1 rings (SSSR count). The Bertz CT molecular complexity index is 652. The highest BCUT2D eigenvalue weighted by molar-refractivity contribution is 5.95. The molecule has 0 bridgehead atoms. The molecule has 0 radical (unpaired) electrons. The summed E-state index contributed by atoms with van der Waals surface area (Å²) < 4.78 is 10.8. The monoisotopic (exact) mass is 415 g/mol. The largest absolute Gasteiger partial charge is 0.493 e. The minimum Gasteiger partial charge on any atom is -0.493 e. The van der Waals surface area contributed by atoms with Crippen molar-refractivity contribution in [2.45, 2.75) is 52.6 Å². The molecule has 28 heavy (non-hydrogen) atoms. The van der Waals surface area contributed by atoms with Crippen molar-refractivity contribution in [2.75, 3.05) is 20.3 Å². The van der Waals surface area contributed by atoms with E-state index in [1.807, 2.05) is 20.8 Å². The Kier molecular flexibility index (Phi) is 10.9. The van der Waals surface area contributed by atoms with Gasteiger partial charge in [-0.05, 0) is 51.3 Å². The van der Waals surface area contributed by atoms with Gasteiger partial charge in [-0.3, -0.25) is 9.59 Å². The molecule has 4 N–H and O–H groups in total. The van der Waals surface area contributed by atoms with Crippen molar-refractivity contribution < 1.29 is 19.1 Å². The number of carbonyl (C=O) groups is 2. The highest BCUT2D eigenvalue weighted by Gasteiger charge is 2.26. The number of ether oxygens (including phenoxy) is 2. The number of hydrogen-bond donors (Lipinski definition) is 3. The van der Waals surface area contributed by atoms with Crippen LogP contribution in [0.25, 0.3) is 0 Å². The average molecular weight is 416 g/mol. The maximum atomic E-state index is 12.6. The van der Waals surface area contributed by atoms with E-state index in [0.29, 0.717) is 29.5 Å². The lowest BCUT2D eigenvalue weighted by molar-refractivity contribution is -0.123. The fraction of sp³-hybridized carbons (Fsp3) is 0.600. The highest BCUT2D eigenvalue weighted by atomic mass is 35.5. The number of nitrogens with one attached hydrogen (secondary N) is 2. The Morgan fingerprint density at radius 3 is 2.32 bits per heavy atom. The van der Waals surface area contributed by atoms with Gasteiger partial charge in [-0.1, -0.05) is 13.8 Å². The third kappa shape index (κ3) is 8.35. The Hall–Kier alpha value is -1.99. The Morgan fingerprint density at radius 2 is 1.82 bits per heavy atom. The summed E-state index contributed by atoms with van der Waals surface area (Å²) in [5.74, 6) is 0.739. The lowest BCUT2D eigenvalue weighted by Gasteiger charge is -2.31. The summed E-state index contributed by atoms with van der Waals surface area (Å²) in [5.41, 5.74) is 5.82. The van der Waals surface area contributed by atoms with E-state index >= 15 is 0 Å². The van der Waals surface area contributed by atoms with Gasteiger partial charge in [-0.15, -0.1) is 12.4 Å². The Balaban J connectivity index is 0.00000729. The molecular formula is C20H34ClN3O4. The molecule has 0 aliphatic rings. The molecule has 0 saturated heterocycles. The van der Waals surface area contributed by atoms with Gasteiger partial charge in [0.2, 0.25) is 0 Å². The first-order chi connectivity index (χ1) is 12.6. The second-order valence-corrected chi connectivity index (χ2v) is 7.69. The predicted molar refractivity (Wildman–Crippen MR) is 113 cm³/mol. The minimum absolute atomic E-state index is 0. The molecular weight excluding hydrogens is 382 g/mol.